The summed E-state index contributed by atoms with van der Waals surface area (Å²) in [6.07, 6.45) is 5.69. The van der Waals surface area contributed by atoms with E-state index in [0.29, 0.717) is 38.5 Å². The van der Waals surface area contributed by atoms with E-state index in [-0.39, 0.29) is 29.7 Å². The van der Waals surface area contributed by atoms with Crippen molar-refractivity contribution in [3.05, 3.63) is 29.7 Å². The van der Waals surface area contributed by atoms with E-state index >= 15 is 0 Å². The highest BCUT2D eigenvalue weighted by molar-refractivity contribution is 6.22. The molecule has 3 fully saturated rings. The Morgan fingerprint density at radius 2 is 1.58 bits per heavy atom. The normalized spacial score (nSPS) is 23.1. The molecule has 0 radical (unpaired) electrons. The summed E-state index contributed by atoms with van der Waals surface area (Å²) in [6, 6.07) is 0. The highest BCUT2D eigenvalue weighted by atomic mass is 16.5. The van der Waals surface area contributed by atoms with Crippen molar-refractivity contribution in [1.82, 2.24) is 25.1 Å². The third-order valence-electron chi connectivity index (χ3n) is 6.59. The minimum atomic E-state index is -0.170. The maximum absolute atomic E-state index is 12.7. The number of β-amino-alcohol motifs (C(OH)–C–C–N with tert-alkyl or cyclic N) is 1. The summed E-state index contributed by atoms with van der Waals surface area (Å²) in [4.78, 5) is 40.9. The Balaban J connectivity index is 1.23. The first-order chi connectivity index (χ1) is 16.1. The number of ether oxygens (including phenoxy) is 1. The zero-order valence-corrected chi connectivity index (χ0v) is 19.1. The number of carbonyl (C=O) groups is 2. The van der Waals surface area contributed by atoms with Crippen molar-refractivity contribution in [3.8, 4) is 0 Å². The van der Waals surface area contributed by atoms with Crippen LogP contribution in [0, 0.1) is 0 Å². The molecule has 0 spiro atoms. The first-order valence-electron chi connectivity index (χ1n) is 11.8. The predicted octanol–water partition coefficient (Wildman–Crippen LogP) is -0.588. The van der Waals surface area contributed by atoms with Gasteiger partial charge in [0.2, 0.25) is 5.95 Å². The molecule has 0 amide bonds. The first kappa shape index (κ1) is 23.7. The van der Waals surface area contributed by atoms with E-state index in [2.05, 4.69) is 30.0 Å². The molecule has 2 saturated heterocycles. The SMILES string of the molecule is O=C1CC(c2cnc(N3CCOCC3)nc2)CC(=O)C1=CNCCN1CCN(CCO)CC1. The van der Waals surface area contributed by atoms with Gasteiger partial charge in [0.15, 0.2) is 11.6 Å². The lowest BCUT2D eigenvalue weighted by Crippen LogP contribution is -2.48. The molecule has 1 aromatic heterocycles. The van der Waals surface area contributed by atoms with Crippen LogP contribution in [0.3, 0.4) is 0 Å². The molecule has 1 saturated carbocycles. The van der Waals surface area contributed by atoms with Crippen molar-refractivity contribution in [2.24, 2.45) is 0 Å². The van der Waals surface area contributed by atoms with E-state index in [9.17, 15) is 9.59 Å². The summed E-state index contributed by atoms with van der Waals surface area (Å²) < 4.78 is 5.36. The molecule has 0 unspecified atom stereocenters. The third-order valence-corrected chi connectivity index (χ3v) is 6.59. The Bertz CT molecular complexity index is 812. The van der Waals surface area contributed by atoms with E-state index in [0.717, 1.165) is 57.9 Å². The molecular formula is C23H34N6O4. The van der Waals surface area contributed by atoms with Gasteiger partial charge in [-0.3, -0.25) is 19.4 Å². The van der Waals surface area contributed by atoms with Crippen LogP contribution in [0.5, 0.6) is 0 Å². The van der Waals surface area contributed by atoms with E-state index < -0.39 is 0 Å². The maximum atomic E-state index is 12.7. The van der Waals surface area contributed by atoms with Crippen molar-refractivity contribution >= 4 is 17.5 Å². The minimum absolute atomic E-state index is 0.126. The second kappa shape index (κ2) is 11.6. The van der Waals surface area contributed by atoms with Crippen LogP contribution < -0.4 is 10.2 Å². The number of carbonyl (C=O) groups excluding carboxylic acids is 2. The van der Waals surface area contributed by atoms with Gasteiger partial charge in [-0.05, 0) is 5.56 Å². The molecule has 1 aliphatic carbocycles. The van der Waals surface area contributed by atoms with Gasteiger partial charge in [0, 0.05) is 96.3 Å². The Morgan fingerprint density at radius 3 is 2.18 bits per heavy atom. The Kier molecular flexibility index (Phi) is 8.38. The molecule has 1 aromatic rings. The molecular weight excluding hydrogens is 424 g/mol. The van der Waals surface area contributed by atoms with Crippen LogP contribution in [-0.4, -0.2) is 115 Å². The van der Waals surface area contributed by atoms with E-state index in [4.69, 9.17) is 9.84 Å². The summed E-state index contributed by atoms with van der Waals surface area (Å²) >= 11 is 0. The minimum Gasteiger partial charge on any atom is -0.395 e. The highest BCUT2D eigenvalue weighted by Gasteiger charge is 2.32. The number of aliphatic hydroxyl groups excluding tert-OH is 1. The van der Waals surface area contributed by atoms with Gasteiger partial charge in [0.1, 0.15) is 0 Å². The quantitative estimate of drug-likeness (QED) is 0.298. The number of aliphatic hydroxyl groups is 1. The molecule has 2 N–H and O–H groups in total. The predicted molar refractivity (Wildman–Crippen MR) is 123 cm³/mol. The number of anilines is 1. The standard InChI is InChI=1S/C23H34N6O4/c30-10-7-28-5-3-27(4-6-28)2-1-24-17-20-21(31)13-18(14-22(20)32)19-15-25-23(26-16-19)29-8-11-33-12-9-29/h15-18,24,30H,1-14H2. The fourth-order valence-electron chi connectivity index (χ4n) is 4.54. The number of nitrogens with zero attached hydrogens (tertiary/aromatic N) is 5. The molecule has 2 aliphatic heterocycles. The van der Waals surface area contributed by atoms with Crippen molar-refractivity contribution in [2.75, 3.05) is 83.6 Å². The largest absolute Gasteiger partial charge is 0.395 e. The number of morpholine rings is 1. The summed E-state index contributed by atoms with van der Waals surface area (Å²) in [6.45, 7) is 9.17. The second-order valence-corrected chi connectivity index (χ2v) is 8.79. The Morgan fingerprint density at radius 1 is 0.970 bits per heavy atom. The fraction of sp³-hybridized carbons (Fsp3) is 0.652. The Labute approximate surface area is 194 Å². The number of ketones is 2. The van der Waals surface area contributed by atoms with Crippen LogP contribution in [0.4, 0.5) is 5.95 Å². The van der Waals surface area contributed by atoms with Gasteiger partial charge >= 0.3 is 0 Å². The van der Waals surface area contributed by atoms with Crippen molar-refractivity contribution in [1.29, 1.82) is 0 Å². The van der Waals surface area contributed by atoms with Gasteiger partial charge in [-0.2, -0.15) is 0 Å². The Hall–Kier alpha value is -2.40. The average Bonchev–Trinajstić information content (AvgIpc) is 2.85. The molecule has 3 heterocycles. The summed E-state index contributed by atoms with van der Waals surface area (Å²) in [7, 11) is 0. The highest BCUT2D eigenvalue weighted by Crippen LogP contribution is 2.31. The van der Waals surface area contributed by atoms with Crippen LogP contribution in [0.15, 0.2) is 24.2 Å². The smallest absolute Gasteiger partial charge is 0.225 e. The number of Topliss-reactive ketones (excluding diaryl/α,β-unsaturated/α-hetero) is 2. The number of aromatic nitrogens is 2. The van der Waals surface area contributed by atoms with Crippen molar-refractivity contribution < 1.29 is 19.4 Å². The number of hydrogen-bond acceptors (Lipinski definition) is 10. The monoisotopic (exact) mass is 458 g/mol. The van der Waals surface area contributed by atoms with Gasteiger partial charge in [-0.1, -0.05) is 0 Å². The average molecular weight is 459 g/mol. The molecule has 33 heavy (non-hydrogen) atoms. The van der Waals surface area contributed by atoms with Crippen molar-refractivity contribution in [3.63, 3.8) is 0 Å². The van der Waals surface area contributed by atoms with Crippen LogP contribution in [0.2, 0.25) is 0 Å². The lowest BCUT2D eigenvalue weighted by atomic mass is 9.81. The molecule has 0 atom stereocenters. The first-order valence-corrected chi connectivity index (χ1v) is 11.8. The summed E-state index contributed by atoms with van der Waals surface area (Å²) in [5, 5.41) is 12.2. The second-order valence-electron chi connectivity index (χ2n) is 8.79. The zero-order valence-electron chi connectivity index (χ0n) is 19.1. The van der Waals surface area contributed by atoms with Gasteiger partial charge in [-0.15, -0.1) is 0 Å². The molecule has 10 heteroatoms. The molecule has 180 valence electrons. The number of nitrogens with one attached hydrogen (secondary N) is 1. The molecule has 4 rings (SSSR count). The van der Waals surface area contributed by atoms with Crippen LogP contribution in [0.25, 0.3) is 0 Å². The van der Waals surface area contributed by atoms with Gasteiger partial charge in [-0.25, -0.2) is 9.97 Å². The maximum Gasteiger partial charge on any atom is 0.225 e. The van der Waals surface area contributed by atoms with E-state index in [1.165, 1.54) is 0 Å². The van der Waals surface area contributed by atoms with Gasteiger partial charge in [0.05, 0.1) is 25.4 Å². The van der Waals surface area contributed by atoms with Gasteiger partial charge < -0.3 is 20.1 Å². The lowest BCUT2D eigenvalue weighted by molar-refractivity contribution is -0.124. The van der Waals surface area contributed by atoms with Crippen LogP contribution in [-0.2, 0) is 14.3 Å². The fourth-order valence-corrected chi connectivity index (χ4v) is 4.54. The van der Waals surface area contributed by atoms with Crippen LogP contribution in [0.1, 0.15) is 24.3 Å². The molecule has 3 aliphatic rings. The lowest BCUT2D eigenvalue weighted by Gasteiger charge is -2.34. The number of allylic oxidation sites excluding steroid dienone is 1. The van der Waals surface area contributed by atoms with Crippen molar-refractivity contribution in [2.45, 2.75) is 18.8 Å². The van der Waals surface area contributed by atoms with Crippen LogP contribution >= 0.6 is 0 Å². The number of rotatable bonds is 8. The van der Waals surface area contributed by atoms with E-state index in [1.54, 1.807) is 18.6 Å². The summed E-state index contributed by atoms with van der Waals surface area (Å²) in [5.74, 6) is 0.239. The number of hydrogen-bond donors (Lipinski definition) is 2. The topological polar surface area (TPSA) is 111 Å². The van der Waals surface area contributed by atoms with E-state index in [1.807, 2.05) is 0 Å². The zero-order chi connectivity index (χ0) is 23.0. The molecule has 10 nitrogen and oxygen atoms in total. The molecule has 0 bridgehead atoms. The van der Waals surface area contributed by atoms with Gasteiger partial charge in [0.25, 0.3) is 0 Å². The molecule has 0 aromatic carbocycles. The summed E-state index contributed by atoms with van der Waals surface area (Å²) in [5.41, 5.74) is 1.10. The number of piperazine rings is 1. The third kappa shape index (κ3) is 6.35.